The fourth-order valence-electron chi connectivity index (χ4n) is 4.53. The van der Waals surface area contributed by atoms with Crippen LogP contribution in [0.25, 0.3) is 11.1 Å². The van der Waals surface area contributed by atoms with Crippen LogP contribution in [-0.4, -0.2) is 22.0 Å². The quantitative estimate of drug-likeness (QED) is 0.393. The van der Waals surface area contributed by atoms with Crippen molar-refractivity contribution in [2.45, 2.75) is 23.7 Å². The van der Waals surface area contributed by atoms with E-state index < -0.39 is 35.0 Å². The van der Waals surface area contributed by atoms with E-state index in [1.165, 1.54) is 29.5 Å². The number of benzene rings is 3. The van der Waals surface area contributed by atoms with Crippen molar-refractivity contribution in [2.75, 3.05) is 12.9 Å². The highest BCUT2D eigenvalue weighted by Crippen LogP contribution is 2.41. The van der Waals surface area contributed by atoms with Crippen LogP contribution in [0.2, 0.25) is 0 Å². The average Bonchev–Trinajstić information content (AvgIpc) is 3.31. The number of hydrogen-bond donors (Lipinski definition) is 1. The molecule has 0 fully saturated rings. The third-order valence-corrected chi connectivity index (χ3v) is 7.47. The first kappa shape index (κ1) is 24.0. The van der Waals surface area contributed by atoms with Crippen molar-refractivity contribution in [2.24, 2.45) is 5.73 Å². The normalized spacial score (nSPS) is 15.5. The van der Waals surface area contributed by atoms with Crippen molar-refractivity contribution in [1.29, 1.82) is 0 Å². The second kappa shape index (κ2) is 9.75. The highest BCUT2D eigenvalue weighted by atomic mass is 32.2. The van der Waals surface area contributed by atoms with E-state index in [4.69, 9.17) is 10.5 Å². The van der Waals surface area contributed by atoms with Gasteiger partial charge in [-0.1, -0.05) is 48.5 Å². The highest BCUT2D eigenvalue weighted by molar-refractivity contribution is 7.99. The molecule has 2 atom stereocenters. The number of hydrogen-bond acceptors (Lipinski definition) is 5. The maximum absolute atomic E-state index is 14.8. The zero-order chi connectivity index (χ0) is 25.4. The Balaban J connectivity index is 1.75. The predicted molar refractivity (Wildman–Crippen MR) is 136 cm³/mol. The summed E-state index contributed by atoms with van der Waals surface area (Å²) >= 11 is 1.22. The summed E-state index contributed by atoms with van der Waals surface area (Å²) in [5, 5.41) is 0.357. The Morgan fingerprint density at radius 1 is 1.03 bits per heavy atom. The summed E-state index contributed by atoms with van der Waals surface area (Å²) in [5.41, 5.74) is 6.54. The van der Waals surface area contributed by atoms with Gasteiger partial charge in [-0.25, -0.2) is 13.6 Å². The molecule has 5 rings (SSSR count). The Morgan fingerprint density at radius 2 is 1.72 bits per heavy atom. The maximum atomic E-state index is 14.8. The summed E-state index contributed by atoms with van der Waals surface area (Å²) < 4.78 is 37.3. The number of nitrogens with two attached hydrogens (primary N) is 1. The first-order valence-corrected chi connectivity index (χ1v) is 12.3. The molecule has 0 radical (unpaired) electrons. The SMILES string of the molecule is COc1cccc(-c2c3n(c(=O)n(CC(N)c4ccccc4)c2=O)C(c2c(F)cccc2F)CS3)c1. The molecule has 0 amide bonds. The number of aromatic nitrogens is 2. The Morgan fingerprint density at radius 3 is 2.42 bits per heavy atom. The van der Waals surface area contributed by atoms with E-state index in [0.29, 0.717) is 16.3 Å². The minimum Gasteiger partial charge on any atom is -0.497 e. The minimum atomic E-state index is -0.928. The van der Waals surface area contributed by atoms with Gasteiger partial charge in [-0.2, -0.15) is 0 Å². The molecule has 3 aromatic carbocycles. The number of halogens is 2. The van der Waals surface area contributed by atoms with Gasteiger partial charge in [0, 0.05) is 17.4 Å². The fourth-order valence-corrected chi connectivity index (χ4v) is 5.86. The van der Waals surface area contributed by atoms with Crippen LogP contribution in [0, 0.1) is 11.6 Å². The second-order valence-electron chi connectivity index (χ2n) is 8.46. The number of thioether (sulfide) groups is 1. The average molecular weight is 508 g/mol. The standard InChI is InChI=1S/C27H23F2N3O3S/c1-35-18-10-5-9-17(13-18)23-25(33)31(14-21(30)16-7-3-2-4-8-16)27(34)32-22(15-36-26(23)32)24-19(28)11-6-12-20(24)29/h2-13,21-22H,14-15,30H2,1H3. The van der Waals surface area contributed by atoms with Crippen molar-refractivity contribution < 1.29 is 13.5 Å². The maximum Gasteiger partial charge on any atom is 0.332 e. The first-order chi connectivity index (χ1) is 17.4. The topological polar surface area (TPSA) is 79.2 Å². The molecule has 1 aliphatic heterocycles. The van der Waals surface area contributed by atoms with Gasteiger partial charge in [-0.05, 0) is 35.4 Å². The van der Waals surface area contributed by atoms with E-state index in [-0.39, 0.29) is 23.4 Å². The lowest BCUT2D eigenvalue weighted by Crippen LogP contribution is -2.44. The Hall–Kier alpha value is -3.69. The molecule has 0 bridgehead atoms. The van der Waals surface area contributed by atoms with Gasteiger partial charge in [0.2, 0.25) is 0 Å². The van der Waals surface area contributed by atoms with Gasteiger partial charge in [0.25, 0.3) is 5.56 Å². The molecule has 0 saturated heterocycles. The van der Waals surface area contributed by atoms with Crippen LogP contribution in [0.1, 0.15) is 23.2 Å². The van der Waals surface area contributed by atoms with Crippen LogP contribution in [0.15, 0.2) is 87.4 Å². The molecule has 0 saturated carbocycles. The van der Waals surface area contributed by atoms with Gasteiger partial charge in [-0.3, -0.25) is 13.9 Å². The van der Waals surface area contributed by atoms with Crippen molar-refractivity contribution in [1.82, 2.24) is 9.13 Å². The van der Waals surface area contributed by atoms with Crippen molar-refractivity contribution in [3.05, 3.63) is 116 Å². The monoisotopic (exact) mass is 507 g/mol. The number of rotatable bonds is 6. The number of methoxy groups -OCH3 is 1. The van der Waals surface area contributed by atoms with Crippen LogP contribution >= 0.6 is 11.8 Å². The van der Waals surface area contributed by atoms with Crippen molar-refractivity contribution in [3.8, 4) is 16.9 Å². The van der Waals surface area contributed by atoms with E-state index in [1.54, 1.807) is 24.3 Å². The second-order valence-corrected chi connectivity index (χ2v) is 9.47. The third-order valence-electron chi connectivity index (χ3n) is 6.32. The molecule has 9 heteroatoms. The molecule has 6 nitrogen and oxygen atoms in total. The lowest BCUT2D eigenvalue weighted by molar-refractivity contribution is 0.415. The molecule has 36 heavy (non-hydrogen) atoms. The molecule has 184 valence electrons. The van der Waals surface area contributed by atoms with Crippen LogP contribution in [-0.2, 0) is 6.54 Å². The van der Waals surface area contributed by atoms with E-state index in [9.17, 15) is 18.4 Å². The van der Waals surface area contributed by atoms with Gasteiger partial charge in [-0.15, -0.1) is 11.8 Å². The molecular formula is C27H23F2N3O3S. The molecule has 4 aromatic rings. The van der Waals surface area contributed by atoms with E-state index in [2.05, 4.69) is 0 Å². The molecule has 1 aliphatic rings. The first-order valence-electron chi connectivity index (χ1n) is 11.3. The molecule has 2 heterocycles. The van der Waals surface area contributed by atoms with Crippen LogP contribution in [0.4, 0.5) is 8.78 Å². The largest absolute Gasteiger partial charge is 0.497 e. The number of fused-ring (bicyclic) bond motifs is 1. The zero-order valence-corrected chi connectivity index (χ0v) is 20.2. The minimum absolute atomic E-state index is 0.101. The summed E-state index contributed by atoms with van der Waals surface area (Å²) in [6, 6.07) is 18.1. The van der Waals surface area contributed by atoms with Crippen LogP contribution in [0.5, 0.6) is 5.75 Å². The smallest absolute Gasteiger partial charge is 0.332 e. The summed E-state index contributed by atoms with van der Waals surface area (Å²) in [5.74, 6) is -0.772. The van der Waals surface area contributed by atoms with E-state index in [0.717, 1.165) is 22.3 Å². The van der Waals surface area contributed by atoms with E-state index >= 15 is 0 Å². The van der Waals surface area contributed by atoms with Crippen LogP contribution in [0.3, 0.4) is 0 Å². The van der Waals surface area contributed by atoms with Crippen LogP contribution < -0.4 is 21.7 Å². The Bertz CT molecular complexity index is 1530. The van der Waals surface area contributed by atoms with Gasteiger partial charge in [0.15, 0.2) is 0 Å². The number of ether oxygens (including phenoxy) is 1. The third kappa shape index (κ3) is 4.14. The molecule has 0 spiro atoms. The molecule has 2 N–H and O–H groups in total. The molecule has 1 aromatic heterocycles. The van der Waals surface area contributed by atoms with Gasteiger partial charge in [0.05, 0.1) is 30.3 Å². The van der Waals surface area contributed by atoms with E-state index in [1.807, 2.05) is 30.3 Å². The lowest BCUT2D eigenvalue weighted by atomic mass is 10.0. The summed E-state index contributed by atoms with van der Waals surface area (Å²) in [6.45, 7) is -0.101. The number of nitrogens with zero attached hydrogens (tertiary/aromatic N) is 2. The molecule has 0 aliphatic carbocycles. The Labute approximate surface area is 210 Å². The summed E-state index contributed by atoms with van der Waals surface area (Å²) in [4.78, 5) is 27.5. The van der Waals surface area contributed by atoms with Gasteiger partial charge >= 0.3 is 5.69 Å². The summed E-state index contributed by atoms with van der Waals surface area (Å²) in [6.07, 6.45) is 0. The lowest BCUT2D eigenvalue weighted by Gasteiger charge is -2.21. The summed E-state index contributed by atoms with van der Waals surface area (Å²) in [7, 11) is 1.52. The van der Waals surface area contributed by atoms with Crippen molar-refractivity contribution >= 4 is 11.8 Å². The fraction of sp³-hybridized carbons (Fsp3) is 0.185. The zero-order valence-electron chi connectivity index (χ0n) is 19.4. The molecule has 2 unspecified atom stereocenters. The highest BCUT2D eigenvalue weighted by Gasteiger charge is 2.35. The predicted octanol–water partition coefficient (Wildman–Crippen LogP) is 4.36. The Kier molecular flexibility index (Phi) is 6.51. The van der Waals surface area contributed by atoms with Gasteiger partial charge < -0.3 is 10.5 Å². The van der Waals surface area contributed by atoms with Gasteiger partial charge in [0.1, 0.15) is 17.4 Å². The molecular weight excluding hydrogens is 484 g/mol. The van der Waals surface area contributed by atoms with Crippen molar-refractivity contribution in [3.63, 3.8) is 0 Å².